The summed E-state index contributed by atoms with van der Waals surface area (Å²) in [6.07, 6.45) is -8.77. The molecule has 0 bridgehead atoms. The fourth-order valence-electron chi connectivity index (χ4n) is 1.73. The third-order valence-corrected chi connectivity index (χ3v) is 4.25. The zero-order valence-corrected chi connectivity index (χ0v) is 12.8. The third kappa shape index (κ3) is 4.89. The number of halogens is 7. The second-order valence-electron chi connectivity index (χ2n) is 4.38. The van der Waals surface area contributed by atoms with Crippen LogP contribution in [0.3, 0.4) is 0 Å². The van der Waals surface area contributed by atoms with E-state index in [4.69, 9.17) is 0 Å². The molecule has 22 heavy (non-hydrogen) atoms. The van der Waals surface area contributed by atoms with E-state index in [0.29, 0.717) is 10.6 Å². The molecule has 2 aromatic carbocycles. The van der Waals surface area contributed by atoms with Crippen molar-refractivity contribution < 1.29 is 38.7 Å². The van der Waals surface area contributed by atoms with E-state index in [1.807, 2.05) is 0 Å². The zero-order chi connectivity index (χ0) is 15.7. The predicted octanol–water partition coefficient (Wildman–Crippen LogP) is 1.09. The van der Waals surface area contributed by atoms with Gasteiger partial charge in [-0.25, -0.2) is 0 Å². The lowest BCUT2D eigenvalue weighted by Gasteiger charge is -2.06. The average molecular weight is 359 g/mol. The number of alkyl halides is 6. The maximum Gasteiger partial charge on any atom is 0.416 e. The van der Waals surface area contributed by atoms with Gasteiger partial charge in [0.25, 0.3) is 0 Å². The molecule has 0 amide bonds. The summed E-state index contributed by atoms with van der Waals surface area (Å²) in [4.78, 5) is 0. The van der Waals surface area contributed by atoms with Crippen LogP contribution in [0, 0.1) is 0 Å². The van der Waals surface area contributed by atoms with Crippen LogP contribution in [0.1, 0.15) is 11.1 Å². The second kappa shape index (κ2) is 6.88. The van der Waals surface area contributed by atoms with Crippen molar-refractivity contribution in [3.63, 3.8) is 0 Å². The average Bonchev–Trinajstić information content (AvgIpc) is 2.38. The summed E-state index contributed by atoms with van der Waals surface area (Å²) in [5.41, 5.74) is -1.48. The molecule has 120 valence electrons. The molecule has 0 aliphatic carbocycles. The molecule has 0 aromatic heterocycles. The van der Waals surface area contributed by atoms with Crippen LogP contribution in [-0.2, 0) is 12.4 Å². The zero-order valence-electron chi connectivity index (χ0n) is 10.8. The number of hydrogen-bond donors (Lipinski definition) is 0. The lowest BCUT2D eigenvalue weighted by atomic mass is 10.2. The summed E-state index contributed by atoms with van der Waals surface area (Å²) in [7, 11) is -0.543. The summed E-state index contributed by atoms with van der Waals surface area (Å²) < 4.78 is 74.4. The van der Waals surface area contributed by atoms with Gasteiger partial charge in [0.2, 0.25) is 0 Å². The van der Waals surface area contributed by atoms with Crippen molar-refractivity contribution in [2.24, 2.45) is 0 Å². The molecule has 0 N–H and O–H groups in total. The Morgan fingerprint density at radius 1 is 0.545 bits per heavy atom. The van der Waals surface area contributed by atoms with Gasteiger partial charge in [0, 0.05) is 0 Å². The van der Waals surface area contributed by atoms with E-state index in [-0.39, 0.29) is 12.4 Å². The van der Waals surface area contributed by atoms with E-state index in [1.165, 1.54) is 24.3 Å². The Morgan fingerprint density at radius 3 is 1.05 bits per heavy atom. The van der Waals surface area contributed by atoms with Crippen molar-refractivity contribution >= 4 is 19.2 Å². The smallest absolute Gasteiger partial charge is 0.416 e. The Bertz CT molecular complexity index is 546. The largest absolute Gasteiger partial charge is 1.00 e. The Hall–Kier alpha value is -1.26. The predicted molar refractivity (Wildman–Crippen MR) is 71.9 cm³/mol. The van der Waals surface area contributed by atoms with E-state index >= 15 is 0 Å². The van der Waals surface area contributed by atoms with Gasteiger partial charge in [-0.15, -0.1) is 0 Å². The molecule has 0 atom stereocenters. The van der Waals surface area contributed by atoms with Gasteiger partial charge >= 0.3 is 12.4 Å². The first-order valence-electron chi connectivity index (χ1n) is 5.85. The molecule has 0 saturated heterocycles. The van der Waals surface area contributed by atoms with Crippen LogP contribution < -0.4 is 23.0 Å². The van der Waals surface area contributed by atoms with Crippen molar-refractivity contribution in [1.82, 2.24) is 0 Å². The van der Waals surface area contributed by atoms with Crippen LogP contribution >= 0.6 is 8.58 Å². The topological polar surface area (TPSA) is 0 Å². The fourth-order valence-corrected chi connectivity index (χ4v) is 2.88. The Kier molecular flexibility index (Phi) is 5.88. The molecule has 0 nitrogen and oxygen atoms in total. The highest BCUT2D eigenvalue weighted by Gasteiger charge is 2.31. The van der Waals surface area contributed by atoms with Crippen molar-refractivity contribution in [3.8, 4) is 0 Å². The maximum atomic E-state index is 12.4. The van der Waals surface area contributed by atoms with Crippen molar-refractivity contribution in [2.45, 2.75) is 12.4 Å². The van der Waals surface area contributed by atoms with E-state index in [0.717, 1.165) is 24.3 Å². The van der Waals surface area contributed by atoms with Gasteiger partial charge < -0.3 is 12.4 Å². The molecular weight excluding hydrogens is 349 g/mol. The molecule has 0 radical (unpaired) electrons. The Labute approximate surface area is 130 Å². The highest BCUT2D eigenvalue weighted by atomic mass is 35.5. The van der Waals surface area contributed by atoms with E-state index < -0.39 is 32.1 Å². The molecule has 0 fully saturated rings. The first-order chi connectivity index (χ1) is 9.66. The van der Waals surface area contributed by atoms with Gasteiger partial charge in [-0.2, -0.15) is 26.3 Å². The SMILES string of the molecule is FC(F)(F)c1ccc([PH2+]c2ccc(C(F)(F)F)cc2)cc1.[Cl-]. The molecule has 0 aliphatic heterocycles. The third-order valence-electron chi connectivity index (χ3n) is 2.81. The quantitative estimate of drug-likeness (QED) is 0.557. The molecule has 0 heterocycles. The summed E-state index contributed by atoms with van der Waals surface area (Å²) in [6, 6.07) is 9.34. The molecule has 0 saturated carbocycles. The van der Waals surface area contributed by atoms with Crippen LogP contribution in [0.5, 0.6) is 0 Å². The van der Waals surface area contributed by atoms with Crippen molar-refractivity contribution in [1.29, 1.82) is 0 Å². The van der Waals surface area contributed by atoms with E-state index in [9.17, 15) is 26.3 Å². The first-order valence-corrected chi connectivity index (χ1v) is 7.01. The van der Waals surface area contributed by atoms with Crippen LogP contribution in [0.15, 0.2) is 48.5 Å². The van der Waals surface area contributed by atoms with E-state index in [1.54, 1.807) is 0 Å². The minimum absolute atomic E-state index is 0. The first kappa shape index (κ1) is 18.8. The molecule has 0 unspecified atom stereocenters. The van der Waals surface area contributed by atoms with Crippen molar-refractivity contribution in [3.05, 3.63) is 59.7 Å². The van der Waals surface area contributed by atoms with Crippen molar-refractivity contribution in [2.75, 3.05) is 0 Å². The van der Waals surface area contributed by atoms with Gasteiger partial charge in [-0.05, 0) is 48.5 Å². The van der Waals surface area contributed by atoms with Gasteiger partial charge in [0.15, 0.2) is 0 Å². The van der Waals surface area contributed by atoms with Crippen LogP contribution in [0.2, 0.25) is 0 Å². The molecule has 2 aromatic rings. The number of benzene rings is 2. The van der Waals surface area contributed by atoms with Gasteiger partial charge in [0.1, 0.15) is 0 Å². The standard InChI is InChI=1S/C14H9F6P.ClH/c15-13(16,17)9-1-5-11(6-2-9)21-12-7-3-10(4-8-12)14(18,19)20;/h1-8,21H;1H. The van der Waals surface area contributed by atoms with E-state index in [2.05, 4.69) is 0 Å². The van der Waals surface area contributed by atoms with Gasteiger partial charge in [0.05, 0.1) is 30.3 Å². The van der Waals surface area contributed by atoms with Gasteiger partial charge in [-0.3, -0.25) is 0 Å². The monoisotopic (exact) mass is 358 g/mol. The summed E-state index contributed by atoms with van der Waals surface area (Å²) in [5, 5.41) is 1.37. The van der Waals surface area contributed by atoms with Crippen LogP contribution in [0.4, 0.5) is 26.3 Å². The summed E-state index contributed by atoms with van der Waals surface area (Å²) in [6.45, 7) is 0. The van der Waals surface area contributed by atoms with Gasteiger partial charge in [-0.1, -0.05) is 0 Å². The minimum Gasteiger partial charge on any atom is -1.00 e. The normalized spacial score (nSPS) is 11.9. The Balaban J connectivity index is 0.00000242. The molecule has 0 aliphatic rings. The fraction of sp³-hybridized carbons (Fsp3) is 0.143. The highest BCUT2D eigenvalue weighted by Crippen LogP contribution is 2.30. The minimum atomic E-state index is -4.39. The lowest BCUT2D eigenvalue weighted by Crippen LogP contribution is -3.00. The second-order valence-corrected chi connectivity index (χ2v) is 6.01. The van der Waals surface area contributed by atoms with Crippen LogP contribution in [0.25, 0.3) is 0 Å². The maximum absolute atomic E-state index is 12.4. The summed E-state index contributed by atoms with van der Waals surface area (Å²) >= 11 is 0. The summed E-state index contributed by atoms with van der Waals surface area (Å²) in [5.74, 6) is 0. The number of hydrogen-bond acceptors (Lipinski definition) is 0. The number of rotatable bonds is 2. The van der Waals surface area contributed by atoms with Crippen LogP contribution in [-0.4, -0.2) is 0 Å². The molecule has 8 heteroatoms. The molecular formula is C14H10ClF6P. The highest BCUT2D eigenvalue weighted by molar-refractivity contribution is 7.55. The Morgan fingerprint density at radius 2 is 0.818 bits per heavy atom. The lowest BCUT2D eigenvalue weighted by molar-refractivity contribution is -0.138. The molecule has 0 spiro atoms. The molecule has 2 rings (SSSR count).